The molecule has 8 heteroatoms. The van der Waals surface area contributed by atoms with Crippen LogP contribution in [0.2, 0.25) is 0 Å². The van der Waals surface area contributed by atoms with Crippen molar-refractivity contribution < 1.29 is 33.6 Å². The Morgan fingerprint density at radius 1 is 1.37 bits per heavy atom. The molecule has 1 spiro atoms. The quantitative estimate of drug-likeness (QED) is 0.305. The number of hydrogen-bond acceptors (Lipinski definition) is 7. The maximum Gasteiger partial charge on any atom is 0.303 e. The van der Waals surface area contributed by atoms with Gasteiger partial charge in [-0.25, -0.2) is 0 Å². The van der Waals surface area contributed by atoms with Gasteiger partial charge < -0.3 is 24.1 Å². The Morgan fingerprint density at radius 2 is 2.04 bits per heavy atom. The van der Waals surface area contributed by atoms with E-state index in [4.69, 9.17) is 18.9 Å². The molecule has 0 aromatic heterocycles. The van der Waals surface area contributed by atoms with Gasteiger partial charge in [0.1, 0.15) is 30.5 Å². The summed E-state index contributed by atoms with van der Waals surface area (Å²) in [5.41, 5.74) is -1.13. The van der Waals surface area contributed by atoms with E-state index >= 15 is 0 Å². The molecule has 4 aliphatic rings. The number of hydrogen-bond donors (Lipinski definition) is 1. The van der Waals surface area contributed by atoms with Crippen molar-refractivity contribution in [1.82, 2.24) is 0 Å². The zero-order valence-corrected chi connectivity index (χ0v) is 17.4. The third-order valence-corrected chi connectivity index (χ3v) is 8.18. The SMILES string of the molecule is CC(=O)OC[C@]12C[C@H](Br)C(C)=CC1OC1[C@H](O)[C@@H](OC(C)=O)[C@@]2(C)C12CO2. The number of rotatable bonds is 3. The van der Waals surface area contributed by atoms with Crippen LogP contribution in [-0.4, -0.2) is 65.1 Å². The summed E-state index contributed by atoms with van der Waals surface area (Å²) in [5, 5.41) is 11.0. The molecule has 8 atom stereocenters. The van der Waals surface area contributed by atoms with Crippen molar-refractivity contribution in [2.75, 3.05) is 13.2 Å². The Bertz CT molecular complexity index is 717. The average molecular weight is 445 g/mol. The highest BCUT2D eigenvalue weighted by molar-refractivity contribution is 9.09. The maximum atomic E-state index is 11.8. The van der Waals surface area contributed by atoms with Gasteiger partial charge in [-0.05, 0) is 13.3 Å². The van der Waals surface area contributed by atoms with Crippen molar-refractivity contribution in [2.24, 2.45) is 10.8 Å². The van der Waals surface area contributed by atoms with E-state index in [9.17, 15) is 14.7 Å². The van der Waals surface area contributed by atoms with E-state index in [2.05, 4.69) is 15.9 Å². The highest BCUT2D eigenvalue weighted by atomic mass is 79.9. The Kier molecular flexibility index (Phi) is 4.31. The Balaban J connectivity index is 1.88. The van der Waals surface area contributed by atoms with Gasteiger partial charge in [-0.15, -0.1) is 0 Å². The molecule has 0 amide bonds. The molecule has 2 bridgehead atoms. The second kappa shape index (κ2) is 6.02. The summed E-state index contributed by atoms with van der Waals surface area (Å²) in [5.74, 6) is -0.861. The first kappa shape index (κ1) is 19.4. The Hall–Kier alpha value is -0.960. The van der Waals surface area contributed by atoms with Crippen LogP contribution in [0.3, 0.4) is 0 Å². The molecular formula is C19H25BrO7. The third-order valence-electron chi connectivity index (χ3n) is 7.13. The van der Waals surface area contributed by atoms with E-state index in [-0.39, 0.29) is 23.5 Å². The van der Waals surface area contributed by atoms with Crippen LogP contribution in [0.25, 0.3) is 0 Å². The molecule has 2 aliphatic carbocycles. The van der Waals surface area contributed by atoms with E-state index < -0.39 is 40.7 Å². The number of fused-ring (bicyclic) bond motifs is 2. The van der Waals surface area contributed by atoms with Gasteiger partial charge in [0.15, 0.2) is 0 Å². The minimum Gasteiger partial charge on any atom is -0.465 e. The van der Waals surface area contributed by atoms with E-state index in [0.717, 1.165) is 5.57 Å². The number of carbonyl (C=O) groups is 2. The van der Waals surface area contributed by atoms with Gasteiger partial charge in [0.05, 0.1) is 18.1 Å². The van der Waals surface area contributed by atoms with Gasteiger partial charge in [0.2, 0.25) is 0 Å². The number of carbonyl (C=O) groups excluding carboxylic acids is 2. The summed E-state index contributed by atoms with van der Waals surface area (Å²) >= 11 is 3.72. The van der Waals surface area contributed by atoms with Crippen LogP contribution in [0.4, 0.5) is 0 Å². The minimum atomic E-state index is -1.01. The average Bonchev–Trinajstić information content (AvgIpc) is 3.36. The van der Waals surface area contributed by atoms with E-state index in [1.807, 2.05) is 19.9 Å². The highest BCUT2D eigenvalue weighted by Gasteiger charge is 2.86. The molecule has 150 valence electrons. The van der Waals surface area contributed by atoms with Gasteiger partial charge in [0, 0.05) is 24.1 Å². The molecule has 7 nitrogen and oxygen atoms in total. The maximum absolute atomic E-state index is 11.8. The topological polar surface area (TPSA) is 94.6 Å². The fourth-order valence-corrected chi connectivity index (χ4v) is 6.30. The number of alkyl halides is 1. The van der Waals surface area contributed by atoms with Crippen molar-refractivity contribution in [1.29, 1.82) is 0 Å². The van der Waals surface area contributed by atoms with Crippen LogP contribution in [0.1, 0.15) is 34.1 Å². The van der Waals surface area contributed by atoms with E-state index in [0.29, 0.717) is 13.0 Å². The number of allylic oxidation sites excluding steroid dienone is 1. The number of esters is 2. The molecule has 4 rings (SSSR count). The van der Waals surface area contributed by atoms with Crippen molar-refractivity contribution >= 4 is 27.9 Å². The van der Waals surface area contributed by atoms with Crippen LogP contribution in [-0.2, 0) is 28.5 Å². The van der Waals surface area contributed by atoms with Crippen LogP contribution in [0.5, 0.6) is 0 Å². The van der Waals surface area contributed by atoms with Crippen molar-refractivity contribution in [3.05, 3.63) is 11.6 Å². The zero-order valence-electron chi connectivity index (χ0n) is 15.9. The number of epoxide rings is 1. The summed E-state index contributed by atoms with van der Waals surface area (Å²) < 4.78 is 23.4. The number of halogens is 1. The molecule has 3 unspecified atom stereocenters. The largest absolute Gasteiger partial charge is 0.465 e. The first-order valence-corrected chi connectivity index (χ1v) is 10.1. The lowest BCUT2D eigenvalue weighted by Gasteiger charge is -2.58. The molecular weight excluding hydrogens is 420 g/mol. The normalized spacial score (nSPS) is 50.0. The van der Waals surface area contributed by atoms with Crippen LogP contribution < -0.4 is 0 Å². The lowest BCUT2D eigenvalue weighted by molar-refractivity contribution is -0.232. The van der Waals surface area contributed by atoms with Crippen LogP contribution in [0.15, 0.2) is 11.6 Å². The second-order valence-electron chi connectivity index (χ2n) is 8.40. The lowest BCUT2D eigenvalue weighted by atomic mass is 9.51. The van der Waals surface area contributed by atoms with Crippen molar-refractivity contribution in [3.63, 3.8) is 0 Å². The summed E-state index contributed by atoms with van der Waals surface area (Å²) in [7, 11) is 0. The van der Waals surface area contributed by atoms with Crippen molar-refractivity contribution in [3.8, 4) is 0 Å². The predicted octanol–water partition coefficient (Wildman–Crippen LogP) is 1.50. The van der Waals surface area contributed by atoms with Gasteiger partial charge >= 0.3 is 11.9 Å². The number of aliphatic hydroxyl groups is 1. The second-order valence-corrected chi connectivity index (χ2v) is 9.50. The van der Waals surface area contributed by atoms with E-state index in [1.54, 1.807) is 0 Å². The summed E-state index contributed by atoms with van der Waals surface area (Å²) in [6, 6.07) is 0. The van der Waals surface area contributed by atoms with Gasteiger partial charge in [-0.3, -0.25) is 9.59 Å². The molecule has 2 heterocycles. The molecule has 2 aliphatic heterocycles. The van der Waals surface area contributed by atoms with E-state index in [1.165, 1.54) is 13.8 Å². The predicted molar refractivity (Wildman–Crippen MR) is 97.2 cm³/mol. The van der Waals surface area contributed by atoms with Gasteiger partial charge in [-0.1, -0.05) is 34.5 Å². The number of aliphatic hydroxyl groups excluding tert-OH is 1. The first-order chi connectivity index (χ1) is 12.6. The highest BCUT2D eigenvalue weighted by Crippen LogP contribution is 2.72. The summed E-state index contributed by atoms with van der Waals surface area (Å²) in [6.45, 7) is 7.19. The molecule has 0 radical (unpaired) electrons. The minimum absolute atomic E-state index is 0.0489. The molecule has 1 N–H and O–H groups in total. The molecule has 0 aromatic rings. The molecule has 3 fully saturated rings. The van der Waals surface area contributed by atoms with Crippen LogP contribution >= 0.6 is 15.9 Å². The monoisotopic (exact) mass is 444 g/mol. The molecule has 27 heavy (non-hydrogen) atoms. The first-order valence-electron chi connectivity index (χ1n) is 9.19. The van der Waals surface area contributed by atoms with Crippen molar-refractivity contribution in [2.45, 2.75) is 69.0 Å². The zero-order chi connectivity index (χ0) is 19.8. The lowest BCUT2D eigenvalue weighted by Crippen LogP contribution is -2.67. The summed E-state index contributed by atoms with van der Waals surface area (Å²) in [4.78, 5) is 23.5. The smallest absolute Gasteiger partial charge is 0.303 e. The van der Waals surface area contributed by atoms with Gasteiger partial charge in [0.25, 0.3) is 0 Å². The molecule has 0 aromatic carbocycles. The Labute approximate surface area is 166 Å². The Morgan fingerprint density at radius 3 is 2.59 bits per heavy atom. The third kappa shape index (κ3) is 2.36. The standard InChI is InChI=1S/C19H25BrO7/c1-9-5-13-18(6-12(9)20,7-24-10(2)21)17(4)15(26-11(3)22)14(23)16(27-13)19(17)8-25-19/h5,12-16,23H,6-8H2,1-4H3/t12-,13?,14+,15+,16?,17+,18+,19?/m0/s1. The fraction of sp³-hybridized carbons (Fsp3) is 0.789. The van der Waals surface area contributed by atoms with Gasteiger partial charge in [-0.2, -0.15) is 0 Å². The van der Waals surface area contributed by atoms with Crippen LogP contribution in [0, 0.1) is 10.8 Å². The summed E-state index contributed by atoms with van der Waals surface area (Å²) in [6.07, 6.45) is -0.177. The number of ether oxygens (including phenoxy) is 4. The fourth-order valence-electron chi connectivity index (χ4n) is 5.57. The molecule has 1 saturated carbocycles. The molecule has 2 saturated heterocycles.